The highest BCUT2D eigenvalue weighted by Crippen LogP contribution is 2.21. The Balaban J connectivity index is 1.68. The smallest absolute Gasteiger partial charge is 0.213 e. The van der Waals surface area contributed by atoms with Crippen LogP contribution in [0.5, 0.6) is 5.75 Å². The Bertz CT molecular complexity index is 884. The summed E-state index contributed by atoms with van der Waals surface area (Å²) in [4.78, 5) is 4.16. The van der Waals surface area contributed by atoms with Gasteiger partial charge in [0.25, 0.3) is 0 Å². The van der Waals surface area contributed by atoms with Gasteiger partial charge in [0.05, 0.1) is 12.9 Å². The number of nitrogens with zero attached hydrogens (tertiary/aromatic N) is 1. The van der Waals surface area contributed by atoms with Crippen LogP contribution in [-0.2, 0) is 16.6 Å². The van der Waals surface area contributed by atoms with Crippen molar-refractivity contribution in [3.05, 3.63) is 65.7 Å². The summed E-state index contributed by atoms with van der Waals surface area (Å²) in [5.41, 5.74) is 2.17. The molecule has 0 heterocycles. The van der Waals surface area contributed by atoms with E-state index in [9.17, 15) is 8.42 Å². The van der Waals surface area contributed by atoms with E-state index >= 15 is 0 Å². The molecule has 2 rings (SSSR count). The molecular weight excluding hydrogens is 400 g/mol. The van der Waals surface area contributed by atoms with Gasteiger partial charge in [-0.2, -0.15) is 0 Å². The second-order valence-corrected chi connectivity index (χ2v) is 8.94. The Hall–Kier alpha value is -2.58. The van der Waals surface area contributed by atoms with Crippen molar-refractivity contribution >= 4 is 16.0 Å². The topological polar surface area (TPSA) is 91.8 Å². The van der Waals surface area contributed by atoms with Crippen molar-refractivity contribution in [1.82, 2.24) is 15.4 Å². The zero-order chi connectivity index (χ0) is 21.8. The number of methoxy groups -OCH3 is 1. The number of guanidine groups is 1. The zero-order valence-electron chi connectivity index (χ0n) is 17.9. The summed E-state index contributed by atoms with van der Waals surface area (Å²) in [5.74, 6) is 1.80. The third kappa shape index (κ3) is 8.42. The van der Waals surface area contributed by atoms with E-state index in [-0.39, 0.29) is 12.3 Å². The normalized spacial score (nSPS) is 13.0. The summed E-state index contributed by atoms with van der Waals surface area (Å²) in [6.45, 7) is 3.47. The van der Waals surface area contributed by atoms with Crippen LogP contribution in [0, 0.1) is 0 Å². The molecule has 0 aliphatic rings. The fourth-order valence-electron chi connectivity index (χ4n) is 2.89. The van der Waals surface area contributed by atoms with Crippen molar-refractivity contribution in [3.8, 4) is 5.75 Å². The lowest BCUT2D eigenvalue weighted by molar-refractivity contribution is 0.414. The van der Waals surface area contributed by atoms with Crippen molar-refractivity contribution in [2.24, 2.45) is 4.99 Å². The quantitative estimate of drug-likeness (QED) is 0.375. The molecule has 0 radical (unpaired) electrons. The number of sulfonamides is 1. The molecule has 0 amide bonds. The number of ether oxygens (including phenoxy) is 1. The van der Waals surface area contributed by atoms with Gasteiger partial charge in [-0.3, -0.25) is 4.99 Å². The lowest BCUT2D eigenvalue weighted by Gasteiger charge is -2.15. The average Bonchev–Trinajstić information content (AvgIpc) is 2.77. The van der Waals surface area contributed by atoms with Gasteiger partial charge < -0.3 is 15.4 Å². The van der Waals surface area contributed by atoms with E-state index in [1.54, 1.807) is 14.2 Å². The van der Waals surface area contributed by atoms with Crippen LogP contribution in [0.25, 0.3) is 0 Å². The van der Waals surface area contributed by atoms with E-state index in [1.807, 2.05) is 42.5 Å². The first-order chi connectivity index (χ1) is 14.4. The predicted molar refractivity (Wildman–Crippen MR) is 122 cm³/mol. The molecule has 2 aromatic rings. The SMILES string of the molecule is CN=C(NCCC(C)c1ccc(OC)cc1)NCCS(=O)(=O)NCc1ccccc1. The fraction of sp³-hybridized carbons (Fsp3) is 0.409. The second kappa shape index (κ2) is 12.2. The maximum absolute atomic E-state index is 12.2. The summed E-state index contributed by atoms with van der Waals surface area (Å²) in [6.07, 6.45) is 0.921. The minimum absolute atomic E-state index is 0.0250. The monoisotopic (exact) mass is 432 g/mol. The summed E-state index contributed by atoms with van der Waals surface area (Å²) >= 11 is 0. The molecule has 2 aromatic carbocycles. The number of benzene rings is 2. The van der Waals surface area contributed by atoms with E-state index in [1.165, 1.54) is 5.56 Å². The Morgan fingerprint density at radius 3 is 2.33 bits per heavy atom. The lowest BCUT2D eigenvalue weighted by atomic mass is 9.98. The molecule has 30 heavy (non-hydrogen) atoms. The van der Waals surface area contributed by atoms with Crippen LogP contribution in [0.2, 0.25) is 0 Å². The molecule has 0 aromatic heterocycles. The molecule has 164 valence electrons. The standard InChI is InChI=1S/C22H32N4O3S/c1-18(20-9-11-21(29-3)12-10-20)13-14-24-22(23-2)25-15-16-30(27,28)26-17-19-7-5-4-6-8-19/h4-12,18,26H,13-17H2,1-3H3,(H2,23,24,25). The van der Waals surface area contributed by atoms with E-state index < -0.39 is 10.0 Å². The molecular formula is C22H32N4O3S. The molecule has 7 nitrogen and oxygen atoms in total. The summed E-state index contributed by atoms with van der Waals surface area (Å²) in [5, 5.41) is 6.29. The molecule has 1 unspecified atom stereocenters. The van der Waals surface area contributed by atoms with Crippen molar-refractivity contribution in [3.63, 3.8) is 0 Å². The van der Waals surface area contributed by atoms with Crippen LogP contribution < -0.4 is 20.1 Å². The third-order valence-electron chi connectivity index (χ3n) is 4.78. The van der Waals surface area contributed by atoms with Gasteiger partial charge >= 0.3 is 0 Å². The highest BCUT2D eigenvalue weighted by Gasteiger charge is 2.11. The van der Waals surface area contributed by atoms with Crippen LogP contribution in [0.4, 0.5) is 0 Å². The number of nitrogens with one attached hydrogen (secondary N) is 3. The van der Waals surface area contributed by atoms with Gasteiger partial charge in [0.15, 0.2) is 5.96 Å². The average molecular weight is 433 g/mol. The van der Waals surface area contributed by atoms with Crippen molar-refractivity contribution in [1.29, 1.82) is 0 Å². The molecule has 8 heteroatoms. The van der Waals surface area contributed by atoms with Gasteiger partial charge in [-0.25, -0.2) is 13.1 Å². The van der Waals surface area contributed by atoms with Gasteiger partial charge in [-0.15, -0.1) is 0 Å². The second-order valence-electron chi connectivity index (χ2n) is 7.01. The molecule has 0 aliphatic heterocycles. The maximum Gasteiger partial charge on any atom is 0.213 e. The fourth-order valence-corrected chi connectivity index (χ4v) is 3.79. The largest absolute Gasteiger partial charge is 0.497 e. The predicted octanol–water partition coefficient (Wildman–Crippen LogP) is 2.47. The van der Waals surface area contributed by atoms with Gasteiger partial charge in [0.1, 0.15) is 5.75 Å². The maximum atomic E-state index is 12.2. The molecule has 0 saturated carbocycles. The Kier molecular flexibility index (Phi) is 9.63. The van der Waals surface area contributed by atoms with Crippen LogP contribution in [0.3, 0.4) is 0 Å². The van der Waals surface area contributed by atoms with Gasteiger partial charge in [0, 0.05) is 26.7 Å². The Labute approximate surface area is 180 Å². The Morgan fingerprint density at radius 1 is 1.03 bits per heavy atom. The number of rotatable bonds is 11. The molecule has 0 saturated heterocycles. The van der Waals surface area contributed by atoms with Crippen molar-refractivity contribution in [2.45, 2.75) is 25.8 Å². The van der Waals surface area contributed by atoms with E-state index in [0.29, 0.717) is 18.4 Å². The van der Waals surface area contributed by atoms with Crippen LogP contribution in [0.15, 0.2) is 59.6 Å². The molecule has 0 fully saturated rings. The van der Waals surface area contributed by atoms with Gasteiger partial charge in [0.2, 0.25) is 10.0 Å². The van der Waals surface area contributed by atoms with E-state index in [0.717, 1.165) is 24.3 Å². The summed E-state index contributed by atoms with van der Waals surface area (Å²) in [6, 6.07) is 17.5. The van der Waals surface area contributed by atoms with Crippen LogP contribution in [-0.4, -0.2) is 47.4 Å². The van der Waals surface area contributed by atoms with Gasteiger partial charge in [-0.1, -0.05) is 49.4 Å². The molecule has 0 spiro atoms. The number of hydrogen-bond donors (Lipinski definition) is 3. The molecule has 1 atom stereocenters. The first-order valence-corrected chi connectivity index (χ1v) is 11.7. The summed E-state index contributed by atoms with van der Waals surface area (Å²) in [7, 11) is -0.0356. The zero-order valence-corrected chi connectivity index (χ0v) is 18.7. The third-order valence-corrected chi connectivity index (χ3v) is 6.11. The van der Waals surface area contributed by atoms with Crippen molar-refractivity contribution < 1.29 is 13.2 Å². The van der Waals surface area contributed by atoms with Gasteiger partial charge in [-0.05, 0) is 35.6 Å². The van der Waals surface area contributed by atoms with Crippen molar-refractivity contribution in [2.75, 3.05) is 33.0 Å². The van der Waals surface area contributed by atoms with E-state index in [4.69, 9.17) is 4.74 Å². The summed E-state index contributed by atoms with van der Waals surface area (Å²) < 4.78 is 32.1. The molecule has 0 bridgehead atoms. The first-order valence-electron chi connectivity index (χ1n) is 10.0. The van der Waals surface area contributed by atoms with Crippen LogP contribution in [0.1, 0.15) is 30.4 Å². The minimum Gasteiger partial charge on any atom is -0.497 e. The number of hydrogen-bond acceptors (Lipinski definition) is 4. The number of aliphatic imine (C=N–C) groups is 1. The first kappa shape index (κ1) is 23.7. The van der Waals surface area contributed by atoms with E-state index in [2.05, 4.69) is 39.4 Å². The molecule has 0 aliphatic carbocycles. The highest BCUT2D eigenvalue weighted by molar-refractivity contribution is 7.89. The highest BCUT2D eigenvalue weighted by atomic mass is 32.2. The minimum atomic E-state index is -3.36. The Morgan fingerprint density at radius 2 is 1.70 bits per heavy atom. The van der Waals surface area contributed by atoms with Crippen LogP contribution >= 0.6 is 0 Å². The lowest BCUT2D eigenvalue weighted by Crippen LogP contribution is -2.41. The molecule has 3 N–H and O–H groups in total.